The lowest BCUT2D eigenvalue weighted by molar-refractivity contribution is -0.173. The Kier molecular flexibility index (Phi) is 4.69. The fraction of sp³-hybridized carbons (Fsp3) is 0.333. The maximum atomic E-state index is 12.6. The molecule has 1 fully saturated rings. The Balaban J connectivity index is 2.08. The van der Waals surface area contributed by atoms with Crippen LogP contribution in [0.15, 0.2) is 47.8 Å². The Morgan fingerprint density at radius 3 is 2.29 bits per heavy atom. The average molecular weight is 346 g/mol. The highest BCUT2D eigenvalue weighted by Crippen LogP contribution is 2.55. The van der Waals surface area contributed by atoms with Crippen LogP contribution in [0, 0.1) is 5.41 Å². The zero-order chi connectivity index (χ0) is 17.2. The Labute approximate surface area is 144 Å². The lowest BCUT2D eigenvalue weighted by atomic mass is 9.78. The molecule has 3 rings (SSSR count). The highest BCUT2D eigenvalue weighted by molar-refractivity contribution is 7.10. The molecule has 24 heavy (non-hydrogen) atoms. The van der Waals surface area contributed by atoms with Crippen molar-refractivity contribution in [2.75, 3.05) is 14.2 Å². The van der Waals surface area contributed by atoms with Crippen LogP contribution in [0.1, 0.15) is 29.1 Å². The van der Waals surface area contributed by atoms with E-state index in [9.17, 15) is 9.59 Å². The fourth-order valence-corrected chi connectivity index (χ4v) is 4.02. The minimum Gasteiger partial charge on any atom is -0.468 e. The van der Waals surface area contributed by atoms with Crippen LogP contribution in [0.3, 0.4) is 0 Å². The van der Waals surface area contributed by atoms with Crippen molar-refractivity contribution >= 4 is 23.3 Å². The zero-order valence-corrected chi connectivity index (χ0v) is 14.2. The van der Waals surface area contributed by atoms with Crippen molar-refractivity contribution in [3.63, 3.8) is 0 Å². The van der Waals surface area contributed by atoms with Gasteiger partial charge in [0.05, 0.1) is 20.3 Å². The van der Waals surface area contributed by atoms with Gasteiger partial charge in [-0.1, -0.05) is 36.4 Å². The molecule has 0 saturated carbocycles. The van der Waals surface area contributed by atoms with Crippen molar-refractivity contribution in [1.82, 2.24) is 0 Å². The van der Waals surface area contributed by atoms with Gasteiger partial charge in [-0.15, -0.1) is 11.3 Å². The zero-order valence-electron chi connectivity index (χ0n) is 13.4. The first-order valence-corrected chi connectivity index (χ1v) is 8.42. The number of rotatable bonds is 4. The predicted octanol–water partition coefficient (Wildman–Crippen LogP) is 3.28. The molecule has 1 aliphatic rings. The summed E-state index contributed by atoms with van der Waals surface area (Å²) in [6, 6.07) is 13.2. The van der Waals surface area contributed by atoms with E-state index in [1.54, 1.807) is 0 Å². The summed E-state index contributed by atoms with van der Waals surface area (Å²) in [7, 11) is 2.54. The first-order valence-electron chi connectivity index (χ1n) is 7.54. The molecule has 2 heterocycles. The van der Waals surface area contributed by atoms with Crippen molar-refractivity contribution in [3.05, 3.63) is 58.3 Å². The molecule has 1 aromatic heterocycles. The van der Waals surface area contributed by atoms with Crippen LogP contribution in [0.4, 0.5) is 0 Å². The standard InChI is InChI=1S/C18H18O5S/c1-21-16(19)18(17(20)22-2)11-13(12-7-4-3-5-8-12)23-15(18)14-9-6-10-24-14/h3-10,13,15H,11H2,1-2H3/t13-,15-/m1/s1. The van der Waals surface area contributed by atoms with E-state index in [1.807, 2.05) is 47.8 Å². The molecule has 0 spiro atoms. The Morgan fingerprint density at radius 2 is 1.75 bits per heavy atom. The highest BCUT2D eigenvalue weighted by atomic mass is 32.1. The van der Waals surface area contributed by atoms with Crippen molar-refractivity contribution in [2.45, 2.75) is 18.6 Å². The lowest BCUT2D eigenvalue weighted by Gasteiger charge is -2.27. The second-order valence-electron chi connectivity index (χ2n) is 5.59. The van der Waals surface area contributed by atoms with Crippen LogP contribution in [-0.4, -0.2) is 26.2 Å². The summed E-state index contributed by atoms with van der Waals surface area (Å²) in [6.45, 7) is 0. The molecule has 0 aliphatic carbocycles. The van der Waals surface area contributed by atoms with Gasteiger partial charge < -0.3 is 14.2 Å². The molecule has 0 amide bonds. The highest BCUT2D eigenvalue weighted by Gasteiger charge is 2.62. The lowest BCUT2D eigenvalue weighted by Crippen LogP contribution is -2.43. The van der Waals surface area contributed by atoms with E-state index in [-0.39, 0.29) is 6.42 Å². The summed E-state index contributed by atoms with van der Waals surface area (Å²) in [5.74, 6) is -1.27. The maximum absolute atomic E-state index is 12.6. The smallest absolute Gasteiger partial charge is 0.326 e. The van der Waals surface area contributed by atoms with Gasteiger partial charge in [0.2, 0.25) is 0 Å². The van der Waals surface area contributed by atoms with E-state index in [2.05, 4.69) is 0 Å². The Bertz CT molecular complexity index is 694. The summed E-state index contributed by atoms with van der Waals surface area (Å²) in [4.78, 5) is 26.0. The van der Waals surface area contributed by atoms with Gasteiger partial charge in [0.15, 0.2) is 5.41 Å². The molecule has 0 unspecified atom stereocenters. The minimum absolute atomic E-state index is 0.179. The second kappa shape index (κ2) is 6.75. The number of carbonyl (C=O) groups excluding carboxylic acids is 2. The number of thiophene rings is 1. The van der Waals surface area contributed by atoms with Gasteiger partial charge in [0.1, 0.15) is 6.10 Å². The molecule has 126 valence electrons. The molecule has 2 atom stereocenters. The Morgan fingerprint density at radius 1 is 1.08 bits per heavy atom. The van der Waals surface area contributed by atoms with E-state index in [1.165, 1.54) is 25.6 Å². The van der Waals surface area contributed by atoms with Gasteiger partial charge >= 0.3 is 11.9 Å². The van der Waals surface area contributed by atoms with E-state index < -0.39 is 29.6 Å². The molecule has 1 saturated heterocycles. The molecule has 2 aromatic rings. The number of methoxy groups -OCH3 is 2. The summed E-state index contributed by atoms with van der Waals surface area (Å²) in [5, 5.41) is 1.88. The molecule has 0 N–H and O–H groups in total. The molecule has 0 radical (unpaired) electrons. The number of benzene rings is 1. The normalized spacial score (nSPS) is 22.1. The van der Waals surface area contributed by atoms with Crippen LogP contribution in [0.5, 0.6) is 0 Å². The molecule has 0 bridgehead atoms. The van der Waals surface area contributed by atoms with Gasteiger partial charge in [0.25, 0.3) is 0 Å². The van der Waals surface area contributed by atoms with E-state index >= 15 is 0 Å². The number of esters is 2. The van der Waals surface area contributed by atoms with Crippen molar-refractivity contribution < 1.29 is 23.8 Å². The third-order valence-corrected chi connectivity index (χ3v) is 5.24. The second-order valence-corrected chi connectivity index (χ2v) is 6.57. The van der Waals surface area contributed by atoms with Crippen LogP contribution in [-0.2, 0) is 23.8 Å². The largest absolute Gasteiger partial charge is 0.468 e. The molecular formula is C18H18O5S. The number of ether oxygens (including phenoxy) is 3. The first-order chi connectivity index (χ1) is 11.6. The third kappa shape index (κ3) is 2.61. The predicted molar refractivity (Wildman–Crippen MR) is 88.4 cm³/mol. The van der Waals surface area contributed by atoms with Crippen LogP contribution >= 0.6 is 11.3 Å². The van der Waals surface area contributed by atoms with Gasteiger partial charge in [-0.3, -0.25) is 9.59 Å². The molecule has 5 nitrogen and oxygen atoms in total. The minimum atomic E-state index is -1.51. The van der Waals surface area contributed by atoms with E-state index in [4.69, 9.17) is 14.2 Å². The van der Waals surface area contributed by atoms with Gasteiger partial charge in [-0.2, -0.15) is 0 Å². The van der Waals surface area contributed by atoms with Gasteiger partial charge in [-0.25, -0.2) is 0 Å². The maximum Gasteiger partial charge on any atom is 0.326 e. The first kappa shape index (κ1) is 16.7. The van der Waals surface area contributed by atoms with Crippen molar-refractivity contribution in [3.8, 4) is 0 Å². The monoisotopic (exact) mass is 346 g/mol. The number of hydrogen-bond donors (Lipinski definition) is 0. The molecule has 1 aromatic carbocycles. The molecule has 6 heteroatoms. The SMILES string of the molecule is COC(=O)C1(C(=O)OC)C[C@H](c2ccccc2)O[C@@H]1c1cccs1. The quantitative estimate of drug-likeness (QED) is 0.628. The number of carbonyl (C=O) groups is 2. The topological polar surface area (TPSA) is 61.8 Å². The van der Waals surface area contributed by atoms with Crippen LogP contribution in [0.25, 0.3) is 0 Å². The summed E-state index contributed by atoms with van der Waals surface area (Å²) >= 11 is 1.43. The molecule has 1 aliphatic heterocycles. The third-order valence-electron chi connectivity index (χ3n) is 4.33. The summed E-state index contributed by atoms with van der Waals surface area (Å²) in [6.07, 6.45) is -0.946. The van der Waals surface area contributed by atoms with Crippen LogP contribution in [0.2, 0.25) is 0 Å². The van der Waals surface area contributed by atoms with E-state index in [0.29, 0.717) is 0 Å². The summed E-state index contributed by atoms with van der Waals surface area (Å²) in [5.41, 5.74) is -0.594. The van der Waals surface area contributed by atoms with E-state index in [0.717, 1.165) is 10.4 Å². The summed E-state index contributed by atoms with van der Waals surface area (Å²) < 4.78 is 16.1. The van der Waals surface area contributed by atoms with Crippen LogP contribution < -0.4 is 0 Å². The average Bonchev–Trinajstić information content (AvgIpc) is 3.29. The van der Waals surface area contributed by atoms with Crippen molar-refractivity contribution in [1.29, 1.82) is 0 Å². The fourth-order valence-electron chi connectivity index (χ4n) is 3.17. The van der Waals surface area contributed by atoms with Crippen molar-refractivity contribution in [2.24, 2.45) is 5.41 Å². The molecular weight excluding hydrogens is 328 g/mol. The Hall–Kier alpha value is -2.18. The van der Waals surface area contributed by atoms with Gasteiger partial charge in [0, 0.05) is 11.3 Å². The number of hydrogen-bond acceptors (Lipinski definition) is 6. The van der Waals surface area contributed by atoms with Gasteiger partial charge in [-0.05, 0) is 17.0 Å².